The largest absolute Gasteiger partial charge is 0.497 e. The first-order valence-corrected chi connectivity index (χ1v) is 4.71. The molecule has 0 bridgehead atoms. The van der Waals surface area contributed by atoms with Gasteiger partial charge in [-0.15, -0.1) is 12.4 Å². The molecule has 0 aliphatic heterocycles. The second-order valence-electron chi connectivity index (χ2n) is 3.64. The molecule has 1 saturated carbocycles. The average Bonchev–Trinajstić information content (AvgIpc) is 3.00. The van der Waals surface area contributed by atoms with Gasteiger partial charge in [-0.3, -0.25) is 0 Å². The quantitative estimate of drug-likeness (QED) is 0.838. The molecule has 0 radical (unpaired) electrons. The van der Waals surface area contributed by atoms with Crippen molar-refractivity contribution in [2.45, 2.75) is 18.9 Å². The van der Waals surface area contributed by atoms with Crippen LogP contribution in [0, 0.1) is 5.92 Å². The number of ether oxygens (including phenoxy) is 1. The van der Waals surface area contributed by atoms with E-state index in [0.29, 0.717) is 5.92 Å². The highest BCUT2D eigenvalue weighted by Gasteiger charge is 2.29. The van der Waals surface area contributed by atoms with Crippen molar-refractivity contribution in [3.8, 4) is 5.75 Å². The minimum atomic E-state index is 0. The number of benzene rings is 1. The van der Waals surface area contributed by atoms with E-state index < -0.39 is 0 Å². The summed E-state index contributed by atoms with van der Waals surface area (Å²) in [5.74, 6) is 1.61. The van der Waals surface area contributed by atoms with Crippen LogP contribution < -0.4 is 10.5 Å². The Hall–Kier alpha value is -0.730. The van der Waals surface area contributed by atoms with Crippen LogP contribution in [0.3, 0.4) is 0 Å². The van der Waals surface area contributed by atoms with Crippen molar-refractivity contribution < 1.29 is 4.74 Å². The van der Waals surface area contributed by atoms with Crippen molar-refractivity contribution in [3.05, 3.63) is 29.8 Å². The van der Waals surface area contributed by atoms with Crippen LogP contribution in [0.25, 0.3) is 0 Å². The summed E-state index contributed by atoms with van der Waals surface area (Å²) < 4.78 is 5.08. The summed E-state index contributed by atoms with van der Waals surface area (Å²) in [5.41, 5.74) is 7.28. The Bertz CT molecular complexity index is 282. The molecule has 1 atom stereocenters. The molecule has 0 unspecified atom stereocenters. The van der Waals surface area contributed by atoms with Gasteiger partial charge in [-0.2, -0.15) is 0 Å². The smallest absolute Gasteiger partial charge is 0.118 e. The number of nitrogens with two attached hydrogens (primary N) is 1. The van der Waals surface area contributed by atoms with Gasteiger partial charge in [-0.25, -0.2) is 0 Å². The third-order valence-corrected chi connectivity index (χ3v) is 2.63. The van der Waals surface area contributed by atoms with Crippen LogP contribution in [0.5, 0.6) is 5.75 Å². The maximum Gasteiger partial charge on any atom is 0.118 e. The highest BCUT2D eigenvalue weighted by Crippen LogP contribution is 2.39. The van der Waals surface area contributed by atoms with Crippen molar-refractivity contribution in [2.24, 2.45) is 11.7 Å². The Morgan fingerprint density at radius 3 is 2.29 bits per heavy atom. The van der Waals surface area contributed by atoms with Crippen LogP contribution in [-0.4, -0.2) is 7.11 Å². The summed E-state index contributed by atoms with van der Waals surface area (Å²) in [7, 11) is 1.68. The van der Waals surface area contributed by atoms with Gasteiger partial charge in [-0.05, 0) is 36.5 Å². The molecular formula is C11H16ClNO. The topological polar surface area (TPSA) is 35.2 Å². The van der Waals surface area contributed by atoms with E-state index >= 15 is 0 Å². The molecule has 1 fully saturated rings. The maximum atomic E-state index is 6.05. The standard InChI is InChI=1S/C11H15NO.ClH/c1-13-10-6-4-9(5-7-10)11(12)8-2-3-8;/h4-8,11H,2-3,12H2,1H3;1H/t11-;/m0./s1. The summed E-state index contributed by atoms with van der Waals surface area (Å²) >= 11 is 0. The van der Waals surface area contributed by atoms with Crippen molar-refractivity contribution in [2.75, 3.05) is 7.11 Å². The van der Waals surface area contributed by atoms with Gasteiger partial charge in [-0.1, -0.05) is 12.1 Å². The van der Waals surface area contributed by atoms with E-state index in [2.05, 4.69) is 12.1 Å². The van der Waals surface area contributed by atoms with Gasteiger partial charge in [0, 0.05) is 6.04 Å². The Morgan fingerprint density at radius 1 is 1.29 bits per heavy atom. The molecule has 0 heterocycles. The van der Waals surface area contributed by atoms with E-state index in [9.17, 15) is 0 Å². The molecule has 14 heavy (non-hydrogen) atoms. The molecule has 1 aromatic carbocycles. The number of halogens is 1. The molecular weight excluding hydrogens is 198 g/mol. The molecule has 2 nitrogen and oxygen atoms in total. The van der Waals surface area contributed by atoms with Gasteiger partial charge in [0.25, 0.3) is 0 Å². The normalized spacial score (nSPS) is 17.0. The minimum Gasteiger partial charge on any atom is -0.497 e. The lowest BCUT2D eigenvalue weighted by molar-refractivity contribution is 0.414. The maximum absolute atomic E-state index is 6.05. The zero-order chi connectivity index (χ0) is 9.26. The SMILES string of the molecule is COc1ccc([C@@H](N)C2CC2)cc1.Cl. The van der Waals surface area contributed by atoms with Crippen LogP contribution in [0.1, 0.15) is 24.4 Å². The van der Waals surface area contributed by atoms with E-state index in [-0.39, 0.29) is 18.4 Å². The molecule has 0 amide bonds. The third kappa shape index (κ3) is 2.40. The predicted molar refractivity (Wildman–Crippen MR) is 59.9 cm³/mol. The van der Waals surface area contributed by atoms with Crippen LogP contribution in [0.15, 0.2) is 24.3 Å². The van der Waals surface area contributed by atoms with Gasteiger partial charge >= 0.3 is 0 Å². The van der Waals surface area contributed by atoms with Crippen molar-refractivity contribution in [1.82, 2.24) is 0 Å². The number of rotatable bonds is 3. The molecule has 2 rings (SSSR count). The Balaban J connectivity index is 0.000000980. The zero-order valence-electron chi connectivity index (χ0n) is 8.27. The summed E-state index contributed by atoms with van der Waals surface area (Å²) in [4.78, 5) is 0. The monoisotopic (exact) mass is 213 g/mol. The summed E-state index contributed by atoms with van der Waals surface area (Å²) in [6.45, 7) is 0. The first kappa shape index (κ1) is 11.3. The molecule has 1 aliphatic rings. The number of methoxy groups -OCH3 is 1. The Morgan fingerprint density at radius 2 is 1.86 bits per heavy atom. The summed E-state index contributed by atoms with van der Waals surface area (Å²) in [6.07, 6.45) is 2.57. The fourth-order valence-corrected chi connectivity index (χ4v) is 1.55. The summed E-state index contributed by atoms with van der Waals surface area (Å²) in [5, 5.41) is 0. The number of hydrogen-bond acceptors (Lipinski definition) is 2. The average molecular weight is 214 g/mol. The second-order valence-corrected chi connectivity index (χ2v) is 3.64. The van der Waals surface area contributed by atoms with Gasteiger partial charge in [0.2, 0.25) is 0 Å². The molecule has 0 saturated heterocycles. The lowest BCUT2D eigenvalue weighted by Crippen LogP contribution is -2.11. The van der Waals surface area contributed by atoms with E-state index in [4.69, 9.17) is 10.5 Å². The van der Waals surface area contributed by atoms with E-state index in [1.165, 1.54) is 18.4 Å². The predicted octanol–water partition coefficient (Wildman–Crippen LogP) is 2.53. The van der Waals surface area contributed by atoms with E-state index in [0.717, 1.165) is 5.75 Å². The van der Waals surface area contributed by atoms with Gasteiger partial charge in [0.15, 0.2) is 0 Å². The second kappa shape index (κ2) is 4.67. The van der Waals surface area contributed by atoms with Crippen molar-refractivity contribution in [3.63, 3.8) is 0 Å². The Labute approximate surface area is 90.9 Å². The highest BCUT2D eigenvalue weighted by molar-refractivity contribution is 5.85. The lowest BCUT2D eigenvalue weighted by Gasteiger charge is -2.10. The van der Waals surface area contributed by atoms with Crippen LogP contribution in [-0.2, 0) is 0 Å². The first-order chi connectivity index (χ1) is 6.31. The highest BCUT2D eigenvalue weighted by atomic mass is 35.5. The van der Waals surface area contributed by atoms with Crippen LogP contribution in [0.2, 0.25) is 0 Å². The van der Waals surface area contributed by atoms with E-state index in [1.54, 1.807) is 7.11 Å². The Kier molecular flexibility index (Phi) is 3.78. The van der Waals surface area contributed by atoms with Gasteiger partial charge in [0.05, 0.1) is 7.11 Å². The van der Waals surface area contributed by atoms with Crippen molar-refractivity contribution >= 4 is 12.4 Å². The van der Waals surface area contributed by atoms with Gasteiger partial charge < -0.3 is 10.5 Å². The summed E-state index contributed by atoms with van der Waals surface area (Å²) in [6, 6.07) is 8.28. The van der Waals surface area contributed by atoms with Crippen molar-refractivity contribution in [1.29, 1.82) is 0 Å². The third-order valence-electron chi connectivity index (χ3n) is 2.63. The van der Waals surface area contributed by atoms with Crippen LogP contribution >= 0.6 is 12.4 Å². The van der Waals surface area contributed by atoms with Crippen LogP contribution in [0.4, 0.5) is 0 Å². The van der Waals surface area contributed by atoms with E-state index in [1.807, 2.05) is 12.1 Å². The number of hydrogen-bond donors (Lipinski definition) is 1. The van der Waals surface area contributed by atoms with Gasteiger partial charge in [0.1, 0.15) is 5.75 Å². The molecule has 3 heteroatoms. The first-order valence-electron chi connectivity index (χ1n) is 4.71. The lowest BCUT2D eigenvalue weighted by atomic mass is 10.0. The molecule has 1 aromatic rings. The molecule has 78 valence electrons. The fourth-order valence-electron chi connectivity index (χ4n) is 1.55. The molecule has 0 spiro atoms. The minimum absolute atomic E-state index is 0. The fraction of sp³-hybridized carbons (Fsp3) is 0.455. The zero-order valence-corrected chi connectivity index (χ0v) is 9.09. The molecule has 2 N–H and O–H groups in total. The molecule has 1 aliphatic carbocycles. The molecule has 0 aromatic heterocycles.